The van der Waals surface area contributed by atoms with Crippen molar-refractivity contribution in [2.75, 3.05) is 0 Å². The van der Waals surface area contributed by atoms with Crippen LogP contribution in [0.1, 0.15) is 0 Å². The van der Waals surface area contributed by atoms with Crippen molar-refractivity contribution >= 4 is 26.0 Å². The molecule has 0 N–H and O–H groups in total. The van der Waals surface area contributed by atoms with E-state index in [9.17, 15) is 8.42 Å². The molecule has 0 aliphatic heterocycles. The topological polar surface area (TPSA) is 61.2 Å². The normalized spacial score (nSPS) is 11.4. The first-order valence-electron chi connectivity index (χ1n) is 4.66. The fraction of sp³-hybridized carbons (Fsp3) is 0.100. The third-order valence-electron chi connectivity index (χ3n) is 1.99. The van der Waals surface area contributed by atoms with E-state index in [2.05, 4.69) is 21.0 Å². The van der Waals surface area contributed by atoms with Gasteiger partial charge in [0.2, 0.25) is 0 Å². The third-order valence-corrected chi connectivity index (χ3v) is 3.72. The molecule has 0 radical (unpaired) electrons. The van der Waals surface area contributed by atoms with Gasteiger partial charge in [0.25, 0.3) is 0 Å². The maximum Gasteiger partial charge on any atom is 0.342 e. The lowest BCUT2D eigenvalue weighted by Gasteiger charge is -2.04. The second-order valence-corrected chi connectivity index (χ2v) is 5.80. The first-order valence-corrected chi connectivity index (χ1v) is 6.86. The largest absolute Gasteiger partial charge is 0.379 e. The fourth-order valence-electron chi connectivity index (χ4n) is 1.19. The summed E-state index contributed by atoms with van der Waals surface area (Å²) in [4.78, 5) is 0.0305. The molecule has 0 fully saturated rings. The molecular weight excluding hydrogens is 308 g/mol. The number of aromatic nitrogens is 2. The lowest BCUT2D eigenvalue weighted by Crippen LogP contribution is -2.08. The van der Waals surface area contributed by atoms with Crippen molar-refractivity contribution in [3.05, 3.63) is 41.1 Å². The van der Waals surface area contributed by atoms with Crippen molar-refractivity contribution in [3.63, 3.8) is 0 Å². The summed E-state index contributed by atoms with van der Waals surface area (Å²) in [5.41, 5.74) is 0. The highest BCUT2D eigenvalue weighted by Crippen LogP contribution is 2.20. The van der Waals surface area contributed by atoms with Crippen LogP contribution in [0.2, 0.25) is 0 Å². The van der Waals surface area contributed by atoms with Crippen LogP contribution in [0, 0.1) is 0 Å². The lowest BCUT2D eigenvalue weighted by atomic mass is 10.3. The average Bonchev–Trinajstić information content (AvgIpc) is 2.69. The molecule has 1 heterocycles. The van der Waals surface area contributed by atoms with Gasteiger partial charge < -0.3 is 4.18 Å². The number of nitrogens with zero attached hydrogens (tertiary/aromatic N) is 2. The van der Waals surface area contributed by atoms with Gasteiger partial charge in [0, 0.05) is 17.7 Å². The molecule has 0 aliphatic carbocycles. The van der Waals surface area contributed by atoms with Crippen molar-refractivity contribution in [1.82, 2.24) is 9.78 Å². The molecule has 0 saturated heterocycles. The van der Waals surface area contributed by atoms with Crippen molar-refractivity contribution in [1.29, 1.82) is 0 Å². The second kappa shape index (κ2) is 4.50. The summed E-state index contributed by atoms with van der Waals surface area (Å²) >= 11 is 3.25. The maximum absolute atomic E-state index is 11.8. The van der Waals surface area contributed by atoms with E-state index in [0.29, 0.717) is 0 Å². The minimum absolute atomic E-state index is 0.0305. The molecule has 0 unspecified atom stereocenters. The zero-order valence-corrected chi connectivity index (χ0v) is 11.3. The second-order valence-electron chi connectivity index (χ2n) is 3.34. The Hall–Kier alpha value is -1.34. The van der Waals surface area contributed by atoms with E-state index in [1.54, 1.807) is 31.3 Å². The van der Waals surface area contributed by atoms with Crippen LogP contribution < -0.4 is 4.18 Å². The van der Waals surface area contributed by atoms with Gasteiger partial charge in [-0.15, -0.1) is 0 Å². The summed E-state index contributed by atoms with van der Waals surface area (Å²) in [5, 5.41) is 3.79. The highest BCUT2D eigenvalue weighted by atomic mass is 79.9. The molecule has 2 aromatic rings. The standard InChI is InChI=1S/C10H9BrN2O3S/c1-13-7-10(6-12-13)17(14,15)16-9-4-2-8(11)3-5-9/h2-7H,1H3. The number of halogens is 1. The quantitative estimate of drug-likeness (QED) is 0.812. The predicted octanol–water partition coefficient (Wildman–Crippen LogP) is 1.95. The van der Waals surface area contributed by atoms with Gasteiger partial charge in [-0.2, -0.15) is 13.5 Å². The number of rotatable bonds is 3. The maximum atomic E-state index is 11.8. The van der Waals surface area contributed by atoms with Crippen LogP contribution in [-0.2, 0) is 17.2 Å². The number of hydrogen-bond acceptors (Lipinski definition) is 4. The molecule has 0 bridgehead atoms. The molecule has 0 aliphatic rings. The molecule has 1 aromatic heterocycles. The summed E-state index contributed by atoms with van der Waals surface area (Å²) in [6.45, 7) is 0. The molecular formula is C10H9BrN2O3S. The minimum atomic E-state index is -3.80. The Kier molecular flexibility index (Phi) is 3.21. The van der Waals surface area contributed by atoms with Gasteiger partial charge in [-0.3, -0.25) is 4.68 Å². The summed E-state index contributed by atoms with van der Waals surface area (Å²) in [5.74, 6) is 0.261. The van der Waals surface area contributed by atoms with Crippen LogP contribution in [0.4, 0.5) is 0 Å². The predicted molar refractivity (Wildman–Crippen MR) is 65.2 cm³/mol. The Morgan fingerprint density at radius 3 is 2.47 bits per heavy atom. The molecule has 7 heteroatoms. The molecule has 5 nitrogen and oxygen atoms in total. The van der Waals surface area contributed by atoms with Crippen LogP contribution in [0.3, 0.4) is 0 Å². The molecule has 90 valence electrons. The average molecular weight is 317 g/mol. The Labute approximate surface area is 107 Å². The molecule has 0 saturated carbocycles. The summed E-state index contributed by atoms with van der Waals surface area (Å²) in [6.07, 6.45) is 2.63. The van der Waals surface area contributed by atoms with Crippen LogP contribution >= 0.6 is 15.9 Å². The van der Waals surface area contributed by atoms with Crippen molar-refractivity contribution in [2.24, 2.45) is 7.05 Å². The van der Waals surface area contributed by atoms with Crippen molar-refractivity contribution < 1.29 is 12.6 Å². The van der Waals surface area contributed by atoms with Gasteiger partial charge in [-0.05, 0) is 24.3 Å². The fourth-order valence-corrected chi connectivity index (χ4v) is 2.38. The Morgan fingerprint density at radius 1 is 1.29 bits per heavy atom. The SMILES string of the molecule is Cn1cc(S(=O)(=O)Oc2ccc(Br)cc2)cn1. The highest BCUT2D eigenvalue weighted by molar-refractivity contribution is 9.10. The van der Waals surface area contributed by atoms with Gasteiger partial charge in [0.1, 0.15) is 10.6 Å². The zero-order valence-electron chi connectivity index (χ0n) is 8.87. The highest BCUT2D eigenvalue weighted by Gasteiger charge is 2.18. The van der Waals surface area contributed by atoms with E-state index in [0.717, 1.165) is 4.47 Å². The van der Waals surface area contributed by atoms with Crippen LogP contribution in [0.5, 0.6) is 5.75 Å². The van der Waals surface area contributed by atoms with Gasteiger partial charge in [0.15, 0.2) is 0 Å². The van der Waals surface area contributed by atoms with E-state index in [1.807, 2.05) is 0 Å². The Bertz CT molecular complexity index is 619. The zero-order chi connectivity index (χ0) is 12.5. The number of aryl methyl sites for hydroxylation is 1. The number of hydrogen-bond donors (Lipinski definition) is 0. The van der Waals surface area contributed by atoms with Gasteiger partial charge in [0.05, 0.1) is 6.20 Å². The van der Waals surface area contributed by atoms with E-state index in [-0.39, 0.29) is 10.6 Å². The summed E-state index contributed by atoms with van der Waals surface area (Å²) in [7, 11) is -2.17. The summed E-state index contributed by atoms with van der Waals surface area (Å²) in [6, 6.07) is 6.54. The molecule has 1 aromatic carbocycles. The lowest BCUT2D eigenvalue weighted by molar-refractivity contribution is 0.486. The van der Waals surface area contributed by atoms with E-state index < -0.39 is 10.1 Å². The summed E-state index contributed by atoms with van der Waals surface area (Å²) < 4.78 is 30.8. The van der Waals surface area contributed by atoms with E-state index >= 15 is 0 Å². The third kappa shape index (κ3) is 2.86. The first kappa shape index (κ1) is 12.1. The van der Waals surface area contributed by atoms with E-state index in [4.69, 9.17) is 4.18 Å². The van der Waals surface area contributed by atoms with Crippen LogP contribution in [-0.4, -0.2) is 18.2 Å². The minimum Gasteiger partial charge on any atom is -0.379 e. The monoisotopic (exact) mass is 316 g/mol. The van der Waals surface area contributed by atoms with Crippen LogP contribution in [0.25, 0.3) is 0 Å². The van der Waals surface area contributed by atoms with Gasteiger partial charge in [-0.25, -0.2) is 0 Å². The Balaban J connectivity index is 2.26. The Morgan fingerprint density at radius 2 is 1.94 bits per heavy atom. The molecule has 17 heavy (non-hydrogen) atoms. The molecule has 2 rings (SSSR count). The number of benzene rings is 1. The van der Waals surface area contributed by atoms with Crippen LogP contribution in [0.15, 0.2) is 46.0 Å². The van der Waals surface area contributed by atoms with Crippen molar-refractivity contribution in [3.8, 4) is 5.75 Å². The molecule has 0 spiro atoms. The van der Waals surface area contributed by atoms with E-state index in [1.165, 1.54) is 17.1 Å². The smallest absolute Gasteiger partial charge is 0.342 e. The van der Waals surface area contributed by atoms with Gasteiger partial charge in [-0.1, -0.05) is 15.9 Å². The molecule has 0 atom stereocenters. The molecule has 0 amide bonds. The van der Waals surface area contributed by atoms with Gasteiger partial charge >= 0.3 is 10.1 Å². The first-order chi connectivity index (χ1) is 7.97. The van der Waals surface area contributed by atoms with Crippen molar-refractivity contribution in [2.45, 2.75) is 4.90 Å².